The summed E-state index contributed by atoms with van der Waals surface area (Å²) in [6.07, 6.45) is 3.39. The number of aliphatic imine (C=N–C) groups is 1. The molecule has 0 aliphatic carbocycles. The van der Waals surface area contributed by atoms with Gasteiger partial charge in [0.05, 0.1) is 5.54 Å². The lowest BCUT2D eigenvalue weighted by Gasteiger charge is -2.39. The first-order chi connectivity index (χ1) is 18.7. The van der Waals surface area contributed by atoms with Crippen LogP contribution in [-0.4, -0.2) is 34.3 Å². The zero-order valence-corrected chi connectivity index (χ0v) is 23.2. The molecule has 6 heteroatoms. The first kappa shape index (κ1) is 28.1. The molecular formula is C33H38N2O4. The smallest absolute Gasteiger partial charge is 0.411 e. The van der Waals surface area contributed by atoms with Crippen LogP contribution in [0.4, 0.5) is 4.79 Å². The summed E-state index contributed by atoms with van der Waals surface area (Å²) in [5.41, 5.74) is 0.897. The number of hydrogen-bond acceptors (Lipinski definition) is 5. The molecule has 0 saturated carbocycles. The summed E-state index contributed by atoms with van der Waals surface area (Å²) in [4.78, 5) is 33.2. The summed E-state index contributed by atoms with van der Waals surface area (Å²) >= 11 is 0. The lowest BCUT2D eigenvalue weighted by molar-refractivity contribution is -0.150. The van der Waals surface area contributed by atoms with Gasteiger partial charge in [0.25, 0.3) is 0 Å². The number of hydrogen-bond donors (Lipinski definition) is 0. The van der Waals surface area contributed by atoms with Crippen LogP contribution < -0.4 is 0 Å². The van der Waals surface area contributed by atoms with Crippen LogP contribution in [0.3, 0.4) is 0 Å². The molecule has 0 unspecified atom stereocenters. The number of unbranched alkanes of at least 4 members (excludes halogenated alkanes) is 1. The van der Waals surface area contributed by atoms with Crippen molar-refractivity contribution in [2.24, 2.45) is 4.99 Å². The third-order valence-corrected chi connectivity index (χ3v) is 7.22. The van der Waals surface area contributed by atoms with Gasteiger partial charge in [0, 0.05) is 6.21 Å². The van der Waals surface area contributed by atoms with Crippen LogP contribution in [0.2, 0.25) is 0 Å². The van der Waals surface area contributed by atoms with Gasteiger partial charge >= 0.3 is 12.1 Å². The minimum atomic E-state index is -1.13. The molecule has 0 N–H and O–H groups in total. The van der Waals surface area contributed by atoms with Crippen LogP contribution in [0.25, 0.3) is 0 Å². The van der Waals surface area contributed by atoms with Gasteiger partial charge in [-0.05, 0) is 43.9 Å². The Hall–Kier alpha value is -3.93. The quantitative estimate of drug-likeness (QED) is 0.192. The molecule has 1 aliphatic rings. The molecule has 1 fully saturated rings. The van der Waals surface area contributed by atoms with Crippen molar-refractivity contribution in [1.82, 2.24) is 4.90 Å². The number of ether oxygens (including phenoxy) is 2. The Morgan fingerprint density at radius 2 is 1.49 bits per heavy atom. The van der Waals surface area contributed by atoms with Gasteiger partial charge in [-0.25, -0.2) is 9.59 Å². The molecule has 204 valence electrons. The highest BCUT2D eigenvalue weighted by Gasteiger charge is 2.51. The predicted molar refractivity (Wildman–Crippen MR) is 153 cm³/mol. The van der Waals surface area contributed by atoms with Gasteiger partial charge in [-0.2, -0.15) is 0 Å². The maximum atomic E-state index is 13.6. The number of rotatable bonds is 11. The molecule has 39 heavy (non-hydrogen) atoms. The van der Waals surface area contributed by atoms with Gasteiger partial charge in [0.2, 0.25) is 0 Å². The van der Waals surface area contributed by atoms with Gasteiger partial charge in [-0.3, -0.25) is 9.89 Å². The van der Waals surface area contributed by atoms with Gasteiger partial charge < -0.3 is 9.47 Å². The standard InChI is InChI=1S/C33H38N2O4/c1-5-6-22-33(4,24-34-32(2,3)30(36)38-23-25-16-10-7-11-17-25)35-28(26-18-12-8-13-19-26)29(39-31(35)37)27-20-14-9-15-21-27/h7-21,24,28-29H,5-6,22-23H2,1-4H3/t28-,29+,33+/m0/s1. The predicted octanol–water partition coefficient (Wildman–Crippen LogP) is 7.46. The molecule has 3 aromatic carbocycles. The van der Waals surface area contributed by atoms with E-state index in [1.165, 1.54) is 0 Å². The van der Waals surface area contributed by atoms with Gasteiger partial charge in [0.1, 0.15) is 12.6 Å². The zero-order chi connectivity index (χ0) is 27.9. The summed E-state index contributed by atoms with van der Waals surface area (Å²) < 4.78 is 11.6. The third-order valence-electron chi connectivity index (χ3n) is 7.22. The fourth-order valence-corrected chi connectivity index (χ4v) is 4.91. The fraction of sp³-hybridized carbons (Fsp3) is 0.364. The molecule has 1 aliphatic heterocycles. The Kier molecular flexibility index (Phi) is 8.85. The van der Waals surface area contributed by atoms with E-state index >= 15 is 0 Å². The molecule has 1 amide bonds. The van der Waals surface area contributed by atoms with Crippen molar-refractivity contribution in [2.75, 3.05) is 0 Å². The number of carbonyl (C=O) groups is 2. The Morgan fingerprint density at radius 1 is 0.923 bits per heavy atom. The van der Waals surface area contributed by atoms with Crippen LogP contribution in [-0.2, 0) is 20.9 Å². The van der Waals surface area contributed by atoms with Crippen molar-refractivity contribution >= 4 is 18.3 Å². The minimum absolute atomic E-state index is 0.180. The highest BCUT2D eigenvalue weighted by molar-refractivity contribution is 5.85. The largest absolute Gasteiger partial charge is 0.459 e. The van der Waals surface area contributed by atoms with E-state index in [9.17, 15) is 9.59 Å². The molecule has 3 atom stereocenters. The normalized spacial score (nSPS) is 19.1. The number of amides is 1. The SMILES string of the molecule is CCCC[C@](C)(C=NC(C)(C)C(=O)OCc1ccccc1)N1C(=O)O[C@H](c2ccccc2)[C@@H]1c1ccccc1. The second-order valence-corrected chi connectivity index (χ2v) is 10.8. The fourth-order valence-electron chi connectivity index (χ4n) is 4.91. The summed E-state index contributed by atoms with van der Waals surface area (Å²) in [6.45, 7) is 7.77. The zero-order valence-electron chi connectivity index (χ0n) is 23.2. The number of carbonyl (C=O) groups excluding carboxylic acids is 2. The van der Waals surface area contributed by atoms with E-state index in [1.54, 1.807) is 20.1 Å². The van der Waals surface area contributed by atoms with E-state index in [0.29, 0.717) is 6.42 Å². The minimum Gasteiger partial charge on any atom is -0.459 e. The summed E-state index contributed by atoms with van der Waals surface area (Å²) in [5.74, 6) is -0.425. The molecule has 6 nitrogen and oxygen atoms in total. The summed E-state index contributed by atoms with van der Waals surface area (Å²) in [6, 6.07) is 29.0. The maximum Gasteiger partial charge on any atom is 0.411 e. The van der Waals surface area contributed by atoms with Crippen molar-refractivity contribution in [3.8, 4) is 0 Å². The molecule has 0 radical (unpaired) electrons. The highest BCUT2D eigenvalue weighted by atomic mass is 16.6. The van der Waals surface area contributed by atoms with Gasteiger partial charge in [-0.1, -0.05) is 111 Å². The lowest BCUT2D eigenvalue weighted by atomic mass is 9.88. The van der Waals surface area contributed by atoms with Crippen LogP contribution in [0.1, 0.15) is 75.8 Å². The number of benzene rings is 3. The Labute approximate surface area is 231 Å². The van der Waals surface area contributed by atoms with Crippen LogP contribution in [0, 0.1) is 0 Å². The second kappa shape index (κ2) is 12.3. The van der Waals surface area contributed by atoms with E-state index < -0.39 is 29.2 Å². The second-order valence-electron chi connectivity index (χ2n) is 10.8. The van der Waals surface area contributed by atoms with Gasteiger partial charge in [-0.15, -0.1) is 0 Å². The Balaban J connectivity index is 1.66. The average molecular weight is 527 g/mol. The van der Waals surface area contributed by atoms with Crippen molar-refractivity contribution in [2.45, 2.75) is 76.8 Å². The monoisotopic (exact) mass is 526 g/mol. The lowest BCUT2D eigenvalue weighted by Crippen LogP contribution is -2.50. The summed E-state index contributed by atoms with van der Waals surface area (Å²) in [7, 11) is 0. The number of nitrogens with zero attached hydrogens (tertiary/aromatic N) is 2. The van der Waals surface area contributed by atoms with Crippen molar-refractivity contribution in [1.29, 1.82) is 0 Å². The molecule has 0 aromatic heterocycles. The Morgan fingerprint density at radius 3 is 2.08 bits per heavy atom. The average Bonchev–Trinajstić information content (AvgIpc) is 3.33. The topological polar surface area (TPSA) is 68.2 Å². The third kappa shape index (κ3) is 6.56. The molecule has 4 rings (SSSR count). The number of esters is 1. The van der Waals surface area contributed by atoms with E-state index in [2.05, 4.69) is 6.92 Å². The first-order valence-electron chi connectivity index (χ1n) is 13.6. The first-order valence-corrected chi connectivity index (χ1v) is 13.6. The molecule has 0 spiro atoms. The number of cyclic esters (lactones) is 1. The maximum absolute atomic E-state index is 13.6. The van der Waals surface area contributed by atoms with Crippen molar-refractivity contribution in [3.63, 3.8) is 0 Å². The van der Waals surface area contributed by atoms with E-state index in [1.807, 2.05) is 103 Å². The molecule has 1 saturated heterocycles. The van der Waals surface area contributed by atoms with Crippen molar-refractivity contribution < 1.29 is 19.1 Å². The molecule has 1 heterocycles. The summed E-state index contributed by atoms with van der Waals surface area (Å²) in [5, 5.41) is 0. The Bertz CT molecular complexity index is 1260. The van der Waals surface area contributed by atoms with Crippen molar-refractivity contribution in [3.05, 3.63) is 108 Å². The van der Waals surface area contributed by atoms with E-state index in [-0.39, 0.29) is 12.6 Å². The van der Waals surface area contributed by atoms with Gasteiger partial charge in [0.15, 0.2) is 11.6 Å². The van der Waals surface area contributed by atoms with Crippen LogP contribution >= 0.6 is 0 Å². The molecular weight excluding hydrogens is 488 g/mol. The van der Waals surface area contributed by atoms with E-state index in [0.717, 1.165) is 29.5 Å². The van der Waals surface area contributed by atoms with E-state index in [4.69, 9.17) is 14.5 Å². The molecule has 0 bridgehead atoms. The van der Waals surface area contributed by atoms with Crippen LogP contribution in [0.15, 0.2) is 96.0 Å². The molecule has 3 aromatic rings. The highest BCUT2D eigenvalue weighted by Crippen LogP contribution is 2.47. The van der Waals surface area contributed by atoms with Crippen LogP contribution in [0.5, 0.6) is 0 Å².